The minimum absolute atomic E-state index is 0.0103. The van der Waals surface area contributed by atoms with E-state index >= 15 is 0 Å². The van der Waals surface area contributed by atoms with Gasteiger partial charge in [-0.05, 0) is 62.7 Å². The van der Waals surface area contributed by atoms with Gasteiger partial charge in [-0.2, -0.15) is 13.2 Å². The summed E-state index contributed by atoms with van der Waals surface area (Å²) in [6.45, 7) is 4.93. The van der Waals surface area contributed by atoms with Crippen LogP contribution in [0.1, 0.15) is 31.2 Å². The van der Waals surface area contributed by atoms with Gasteiger partial charge in [0.25, 0.3) is 0 Å². The van der Waals surface area contributed by atoms with Crippen molar-refractivity contribution in [3.05, 3.63) is 23.9 Å². The van der Waals surface area contributed by atoms with Crippen LogP contribution in [0, 0.1) is 11.8 Å². The van der Waals surface area contributed by atoms with Crippen LogP contribution >= 0.6 is 0 Å². The van der Waals surface area contributed by atoms with Crippen molar-refractivity contribution < 1.29 is 22.7 Å². The van der Waals surface area contributed by atoms with Gasteiger partial charge in [-0.15, -0.1) is 0 Å². The minimum atomic E-state index is -4.40. The second-order valence-corrected chi connectivity index (χ2v) is 8.73. The Balaban J connectivity index is 1.24. The Labute approximate surface area is 174 Å². The van der Waals surface area contributed by atoms with Gasteiger partial charge < -0.3 is 19.9 Å². The molecular weight excluding hydrogens is 397 g/mol. The number of halogens is 3. The number of hydrogen-bond acceptors (Lipinski definition) is 5. The quantitative estimate of drug-likeness (QED) is 0.727. The summed E-state index contributed by atoms with van der Waals surface area (Å²) in [7, 11) is 0. The molecule has 1 N–H and O–H groups in total. The SMILES string of the molecule is O=C1COC(CNc2cc(C(F)(F)F)ccn2)CN1CC1CCN(CC2CC2)CC1. The highest BCUT2D eigenvalue weighted by Gasteiger charge is 2.32. The number of morpholine rings is 1. The molecule has 3 fully saturated rings. The number of rotatable bonds is 7. The number of hydrogen-bond donors (Lipinski definition) is 1. The summed E-state index contributed by atoms with van der Waals surface area (Å²) in [6.07, 6.45) is 1.41. The van der Waals surface area contributed by atoms with Crippen LogP contribution in [-0.4, -0.2) is 72.7 Å². The van der Waals surface area contributed by atoms with Gasteiger partial charge in [-0.1, -0.05) is 0 Å². The number of nitrogens with one attached hydrogen (secondary N) is 1. The molecule has 1 aromatic rings. The summed E-state index contributed by atoms with van der Waals surface area (Å²) in [5.41, 5.74) is -0.741. The summed E-state index contributed by atoms with van der Waals surface area (Å²) in [5, 5.41) is 2.92. The lowest BCUT2D eigenvalue weighted by molar-refractivity contribution is -0.149. The molecule has 2 saturated heterocycles. The molecule has 1 amide bonds. The van der Waals surface area contributed by atoms with Crippen LogP contribution in [0.2, 0.25) is 0 Å². The third kappa shape index (κ3) is 5.85. The molecular formula is C21H29F3N4O2. The number of pyridine rings is 1. The largest absolute Gasteiger partial charge is 0.416 e. The highest BCUT2D eigenvalue weighted by Crippen LogP contribution is 2.32. The van der Waals surface area contributed by atoms with E-state index in [1.165, 1.54) is 19.4 Å². The number of amides is 1. The van der Waals surface area contributed by atoms with E-state index in [0.29, 0.717) is 19.0 Å². The maximum Gasteiger partial charge on any atom is 0.416 e. The molecule has 6 nitrogen and oxygen atoms in total. The van der Waals surface area contributed by atoms with Crippen molar-refractivity contribution in [1.82, 2.24) is 14.8 Å². The Morgan fingerprint density at radius 1 is 1.13 bits per heavy atom. The molecule has 1 saturated carbocycles. The third-order valence-electron chi connectivity index (χ3n) is 6.22. The molecule has 166 valence electrons. The normalized spacial score (nSPS) is 24.3. The zero-order valence-electron chi connectivity index (χ0n) is 17.0. The molecule has 9 heteroatoms. The van der Waals surface area contributed by atoms with Crippen LogP contribution in [0.15, 0.2) is 18.3 Å². The van der Waals surface area contributed by atoms with E-state index in [-0.39, 0.29) is 24.4 Å². The van der Waals surface area contributed by atoms with Crippen LogP contribution in [-0.2, 0) is 15.7 Å². The van der Waals surface area contributed by atoms with E-state index in [1.54, 1.807) is 0 Å². The van der Waals surface area contributed by atoms with E-state index in [1.807, 2.05) is 4.90 Å². The van der Waals surface area contributed by atoms with Gasteiger partial charge in [-0.3, -0.25) is 4.79 Å². The number of carbonyl (C=O) groups excluding carboxylic acids is 1. The fourth-order valence-electron chi connectivity index (χ4n) is 4.23. The molecule has 3 heterocycles. The van der Waals surface area contributed by atoms with Gasteiger partial charge in [0, 0.05) is 32.4 Å². The lowest BCUT2D eigenvalue weighted by Gasteiger charge is -2.38. The Kier molecular flexibility index (Phi) is 6.48. The maximum absolute atomic E-state index is 12.8. The monoisotopic (exact) mass is 426 g/mol. The van der Waals surface area contributed by atoms with E-state index in [4.69, 9.17) is 4.74 Å². The Morgan fingerprint density at radius 3 is 2.57 bits per heavy atom. The lowest BCUT2D eigenvalue weighted by atomic mass is 9.95. The standard InChI is InChI=1S/C21H29F3N4O2/c22-21(23,24)17-3-6-25-19(9-17)26-10-18-13-28(20(29)14-30-18)12-16-4-7-27(8-5-16)11-15-1-2-15/h3,6,9,15-16,18H,1-2,4-5,7-8,10-14H2,(H,25,26). The smallest absolute Gasteiger partial charge is 0.367 e. The molecule has 1 unspecified atom stereocenters. The summed E-state index contributed by atoms with van der Waals surface area (Å²) in [4.78, 5) is 20.6. The topological polar surface area (TPSA) is 57.7 Å². The van der Waals surface area contributed by atoms with Gasteiger partial charge in [0.15, 0.2) is 0 Å². The Bertz CT molecular complexity index is 733. The summed E-state index contributed by atoms with van der Waals surface area (Å²) in [5.74, 6) is 1.55. The number of ether oxygens (including phenoxy) is 1. The number of aromatic nitrogens is 1. The number of anilines is 1. The first-order chi connectivity index (χ1) is 14.4. The van der Waals surface area contributed by atoms with Gasteiger partial charge >= 0.3 is 6.18 Å². The predicted octanol–water partition coefficient (Wildman–Crippen LogP) is 2.86. The van der Waals surface area contributed by atoms with Crippen LogP contribution in [0.3, 0.4) is 0 Å². The Hall–Kier alpha value is -1.87. The van der Waals surface area contributed by atoms with Gasteiger partial charge in [0.2, 0.25) is 5.91 Å². The number of piperidine rings is 1. The fraction of sp³-hybridized carbons (Fsp3) is 0.714. The fourth-order valence-corrected chi connectivity index (χ4v) is 4.23. The molecule has 1 atom stereocenters. The van der Waals surface area contributed by atoms with Crippen molar-refractivity contribution in [2.75, 3.05) is 51.2 Å². The average molecular weight is 426 g/mol. The first kappa shape index (κ1) is 21.4. The summed E-state index contributed by atoms with van der Waals surface area (Å²) < 4.78 is 44.1. The van der Waals surface area contributed by atoms with Gasteiger partial charge in [0.1, 0.15) is 12.4 Å². The molecule has 0 aromatic carbocycles. The van der Waals surface area contributed by atoms with Crippen molar-refractivity contribution >= 4 is 11.7 Å². The number of carbonyl (C=O) groups is 1. The molecule has 30 heavy (non-hydrogen) atoms. The highest BCUT2D eigenvalue weighted by atomic mass is 19.4. The molecule has 0 radical (unpaired) electrons. The second-order valence-electron chi connectivity index (χ2n) is 8.73. The summed E-state index contributed by atoms with van der Waals surface area (Å²) >= 11 is 0. The number of likely N-dealkylation sites (tertiary alicyclic amines) is 1. The molecule has 4 rings (SSSR count). The van der Waals surface area contributed by atoms with Crippen molar-refractivity contribution in [3.8, 4) is 0 Å². The van der Waals surface area contributed by atoms with E-state index < -0.39 is 11.7 Å². The minimum Gasteiger partial charge on any atom is -0.367 e. The lowest BCUT2D eigenvalue weighted by Crippen LogP contribution is -2.51. The zero-order valence-corrected chi connectivity index (χ0v) is 17.0. The second kappa shape index (κ2) is 9.09. The third-order valence-corrected chi connectivity index (χ3v) is 6.22. The van der Waals surface area contributed by atoms with Gasteiger partial charge in [0.05, 0.1) is 11.7 Å². The van der Waals surface area contributed by atoms with Crippen LogP contribution in [0.25, 0.3) is 0 Å². The molecule has 3 aliphatic rings. The zero-order chi connectivity index (χ0) is 21.1. The van der Waals surface area contributed by atoms with Crippen molar-refractivity contribution in [3.63, 3.8) is 0 Å². The molecule has 1 aromatic heterocycles. The van der Waals surface area contributed by atoms with Crippen LogP contribution < -0.4 is 5.32 Å². The van der Waals surface area contributed by atoms with E-state index in [2.05, 4.69) is 15.2 Å². The number of alkyl halides is 3. The maximum atomic E-state index is 12.8. The molecule has 0 bridgehead atoms. The first-order valence-electron chi connectivity index (χ1n) is 10.8. The van der Waals surface area contributed by atoms with E-state index in [0.717, 1.165) is 56.7 Å². The van der Waals surface area contributed by atoms with E-state index in [9.17, 15) is 18.0 Å². The van der Waals surface area contributed by atoms with Crippen LogP contribution in [0.5, 0.6) is 0 Å². The van der Waals surface area contributed by atoms with Crippen molar-refractivity contribution in [1.29, 1.82) is 0 Å². The highest BCUT2D eigenvalue weighted by molar-refractivity contribution is 5.78. The van der Waals surface area contributed by atoms with Crippen molar-refractivity contribution in [2.24, 2.45) is 11.8 Å². The molecule has 0 spiro atoms. The molecule has 2 aliphatic heterocycles. The average Bonchev–Trinajstić information content (AvgIpc) is 3.54. The molecule has 1 aliphatic carbocycles. The predicted molar refractivity (Wildman–Crippen MR) is 106 cm³/mol. The van der Waals surface area contributed by atoms with Crippen molar-refractivity contribution in [2.45, 2.75) is 38.0 Å². The number of nitrogens with zero attached hydrogens (tertiary/aromatic N) is 3. The first-order valence-corrected chi connectivity index (χ1v) is 10.8. The summed E-state index contributed by atoms with van der Waals surface area (Å²) in [6, 6.07) is 1.93. The van der Waals surface area contributed by atoms with Crippen LogP contribution in [0.4, 0.5) is 19.0 Å². The van der Waals surface area contributed by atoms with Gasteiger partial charge in [-0.25, -0.2) is 4.98 Å². The Morgan fingerprint density at radius 2 is 1.87 bits per heavy atom.